The number of nitrogens with zero attached hydrogens (tertiary/aromatic N) is 1. The molecule has 2 aliphatic rings. The first-order valence-electron chi connectivity index (χ1n) is 8.27. The van der Waals surface area contributed by atoms with E-state index in [0.717, 1.165) is 45.5 Å². The van der Waals surface area contributed by atoms with E-state index in [1.54, 1.807) is 7.11 Å². The molecule has 1 saturated carbocycles. The topological polar surface area (TPSA) is 95.9 Å². The maximum absolute atomic E-state index is 12.1. The molecular weight excluding hydrogens is 320 g/mol. The van der Waals surface area contributed by atoms with Crippen molar-refractivity contribution in [3.63, 3.8) is 0 Å². The Kier molecular flexibility index (Phi) is 9.69. The maximum Gasteiger partial charge on any atom is 0.290 e. The molecule has 1 atom stereocenters. The second-order valence-electron chi connectivity index (χ2n) is 6.33. The summed E-state index contributed by atoms with van der Waals surface area (Å²) in [6, 6.07) is 0. The minimum absolute atomic E-state index is 0.250. The van der Waals surface area contributed by atoms with E-state index in [1.807, 2.05) is 0 Å². The molecule has 1 heterocycles. The molecule has 1 aliphatic carbocycles. The SMILES string of the molecule is COCCN1CCC(CNS(=O)(=O)CC2CCCC2)C1.O=CO. The van der Waals surface area contributed by atoms with Crippen LogP contribution in [-0.4, -0.2) is 70.5 Å². The zero-order valence-electron chi connectivity index (χ0n) is 13.9. The van der Waals surface area contributed by atoms with Crippen LogP contribution in [0.5, 0.6) is 0 Å². The Bertz CT molecular complexity index is 424. The van der Waals surface area contributed by atoms with Crippen LogP contribution in [0.2, 0.25) is 0 Å². The monoisotopic (exact) mass is 350 g/mol. The standard InChI is InChI=1S/C14H28N2O3S.CH2O2/c1-19-9-8-16-7-6-14(11-16)10-15-20(17,18)12-13-4-2-3-5-13;2-1-3/h13-15H,2-12H2,1H3;1H,(H,2,3). The van der Waals surface area contributed by atoms with Gasteiger partial charge in [-0.15, -0.1) is 0 Å². The number of hydrogen-bond acceptors (Lipinski definition) is 5. The summed E-state index contributed by atoms with van der Waals surface area (Å²) in [5.74, 6) is 1.16. The van der Waals surface area contributed by atoms with Crippen molar-refractivity contribution in [3.05, 3.63) is 0 Å². The third kappa shape index (κ3) is 8.64. The summed E-state index contributed by atoms with van der Waals surface area (Å²) >= 11 is 0. The van der Waals surface area contributed by atoms with Crippen molar-refractivity contribution >= 4 is 16.5 Å². The quantitative estimate of drug-likeness (QED) is 0.628. The Balaban J connectivity index is 0.000000816. The van der Waals surface area contributed by atoms with Crippen LogP contribution in [0.25, 0.3) is 0 Å². The van der Waals surface area contributed by atoms with Crippen LogP contribution in [0, 0.1) is 11.8 Å². The molecule has 0 amide bonds. The Morgan fingerprint density at radius 2 is 1.91 bits per heavy atom. The average molecular weight is 350 g/mol. The van der Waals surface area contributed by atoms with Gasteiger partial charge in [0.1, 0.15) is 0 Å². The van der Waals surface area contributed by atoms with Crippen LogP contribution in [-0.2, 0) is 19.6 Å². The highest BCUT2D eigenvalue weighted by Crippen LogP contribution is 2.25. The first kappa shape index (κ1) is 20.3. The lowest BCUT2D eigenvalue weighted by Gasteiger charge is -2.16. The third-order valence-electron chi connectivity index (χ3n) is 4.50. The highest BCUT2D eigenvalue weighted by molar-refractivity contribution is 7.89. The largest absolute Gasteiger partial charge is 0.483 e. The van der Waals surface area contributed by atoms with Crippen LogP contribution in [0.1, 0.15) is 32.1 Å². The molecule has 136 valence electrons. The molecule has 0 bridgehead atoms. The summed E-state index contributed by atoms with van der Waals surface area (Å²) in [5.41, 5.74) is 0. The molecule has 0 spiro atoms. The van der Waals surface area contributed by atoms with Crippen molar-refractivity contribution < 1.29 is 23.1 Å². The number of hydrogen-bond donors (Lipinski definition) is 2. The zero-order valence-corrected chi connectivity index (χ0v) is 14.8. The second-order valence-corrected chi connectivity index (χ2v) is 8.19. The minimum Gasteiger partial charge on any atom is -0.483 e. The van der Waals surface area contributed by atoms with Crippen molar-refractivity contribution in [3.8, 4) is 0 Å². The summed E-state index contributed by atoms with van der Waals surface area (Å²) in [6.07, 6.45) is 5.62. The van der Waals surface area contributed by atoms with Crippen molar-refractivity contribution in [1.82, 2.24) is 9.62 Å². The molecular formula is C15H30N2O5S. The number of methoxy groups -OCH3 is 1. The Morgan fingerprint density at radius 1 is 1.26 bits per heavy atom. The molecule has 2 N–H and O–H groups in total. The minimum atomic E-state index is -3.08. The van der Waals surface area contributed by atoms with Gasteiger partial charge in [0.15, 0.2) is 0 Å². The lowest BCUT2D eigenvalue weighted by Crippen LogP contribution is -2.34. The van der Waals surface area contributed by atoms with Crippen molar-refractivity contribution in [2.75, 3.05) is 45.6 Å². The maximum atomic E-state index is 12.1. The highest BCUT2D eigenvalue weighted by atomic mass is 32.2. The Hall–Kier alpha value is -0.700. The van der Waals surface area contributed by atoms with Gasteiger partial charge in [0.2, 0.25) is 10.0 Å². The van der Waals surface area contributed by atoms with E-state index in [0.29, 0.717) is 24.1 Å². The molecule has 2 rings (SSSR count). The van der Waals surface area contributed by atoms with Crippen LogP contribution < -0.4 is 4.72 Å². The molecule has 1 aliphatic heterocycles. The van der Waals surface area contributed by atoms with Gasteiger partial charge in [0.25, 0.3) is 6.47 Å². The number of rotatable bonds is 8. The number of ether oxygens (including phenoxy) is 1. The van der Waals surface area contributed by atoms with E-state index >= 15 is 0 Å². The Labute approximate surface area is 139 Å². The van der Waals surface area contributed by atoms with Gasteiger partial charge >= 0.3 is 0 Å². The first-order chi connectivity index (χ1) is 11.0. The van der Waals surface area contributed by atoms with E-state index in [-0.39, 0.29) is 6.47 Å². The van der Waals surface area contributed by atoms with Gasteiger partial charge in [-0.1, -0.05) is 12.8 Å². The van der Waals surface area contributed by atoms with E-state index in [1.165, 1.54) is 12.8 Å². The molecule has 0 radical (unpaired) electrons. The molecule has 1 unspecified atom stereocenters. The molecule has 0 aromatic heterocycles. The molecule has 1 saturated heterocycles. The predicted octanol–water partition coefficient (Wildman–Crippen LogP) is 0.765. The van der Waals surface area contributed by atoms with Gasteiger partial charge in [-0.05, 0) is 37.6 Å². The van der Waals surface area contributed by atoms with Crippen molar-refractivity contribution in [2.24, 2.45) is 11.8 Å². The molecule has 23 heavy (non-hydrogen) atoms. The van der Waals surface area contributed by atoms with Gasteiger partial charge in [-0.2, -0.15) is 0 Å². The molecule has 0 aromatic carbocycles. The fourth-order valence-corrected chi connectivity index (χ4v) is 4.86. The summed E-state index contributed by atoms with van der Waals surface area (Å²) in [4.78, 5) is 10.7. The summed E-state index contributed by atoms with van der Waals surface area (Å²) in [5, 5.41) is 6.89. The van der Waals surface area contributed by atoms with Gasteiger partial charge in [0, 0.05) is 26.7 Å². The fraction of sp³-hybridized carbons (Fsp3) is 0.933. The number of sulfonamides is 1. The molecule has 0 aromatic rings. The van der Waals surface area contributed by atoms with Gasteiger partial charge in [-0.25, -0.2) is 13.1 Å². The molecule has 2 fully saturated rings. The van der Waals surface area contributed by atoms with E-state index in [9.17, 15) is 8.42 Å². The summed E-state index contributed by atoms with van der Waals surface area (Å²) in [6.45, 7) is 4.08. The van der Waals surface area contributed by atoms with Crippen LogP contribution in [0.3, 0.4) is 0 Å². The van der Waals surface area contributed by atoms with Gasteiger partial charge in [0.05, 0.1) is 12.4 Å². The predicted molar refractivity (Wildman–Crippen MR) is 88.9 cm³/mol. The second kappa shape index (κ2) is 11.0. The van der Waals surface area contributed by atoms with Gasteiger partial charge < -0.3 is 14.7 Å². The summed E-state index contributed by atoms with van der Waals surface area (Å²) in [7, 11) is -1.37. The van der Waals surface area contributed by atoms with E-state index in [4.69, 9.17) is 14.6 Å². The molecule has 7 nitrogen and oxygen atoms in total. The smallest absolute Gasteiger partial charge is 0.290 e. The van der Waals surface area contributed by atoms with Gasteiger partial charge in [-0.3, -0.25) is 4.79 Å². The van der Waals surface area contributed by atoms with Crippen molar-refractivity contribution in [2.45, 2.75) is 32.1 Å². The lowest BCUT2D eigenvalue weighted by molar-refractivity contribution is -0.122. The molecule has 8 heteroatoms. The van der Waals surface area contributed by atoms with Crippen molar-refractivity contribution in [1.29, 1.82) is 0 Å². The number of carboxylic acid groups (broad SMARTS) is 1. The highest BCUT2D eigenvalue weighted by Gasteiger charge is 2.26. The van der Waals surface area contributed by atoms with Crippen LogP contribution in [0.4, 0.5) is 0 Å². The lowest BCUT2D eigenvalue weighted by atomic mass is 10.1. The van der Waals surface area contributed by atoms with E-state index < -0.39 is 10.0 Å². The number of nitrogens with one attached hydrogen (secondary N) is 1. The number of likely N-dealkylation sites (tertiary alicyclic amines) is 1. The van der Waals surface area contributed by atoms with Crippen LogP contribution in [0.15, 0.2) is 0 Å². The summed E-state index contributed by atoms with van der Waals surface area (Å²) < 4.78 is 32.0. The number of carbonyl (C=O) groups is 1. The van der Waals surface area contributed by atoms with E-state index in [2.05, 4.69) is 9.62 Å². The first-order valence-corrected chi connectivity index (χ1v) is 9.92. The third-order valence-corrected chi connectivity index (χ3v) is 6.02. The fourth-order valence-electron chi connectivity index (χ4n) is 3.29. The average Bonchev–Trinajstić information content (AvgIpc) is 3.15. The van der Waals surface area contributed by atoms with Crippen LogP contribution >= 0.6 is 0 Å². The Morgan fingerprint density at radius 3 is 2.52 bits per heavy atom. The normalized spacial score (nSPS) is 22.7. The zero-order chi connectivity index (χ0) is 17.1.